The monoisotopic (exact) mass is 306 g/mol. The number of aryl methyl sites for hydroxylation is 1. The van der Waals surface area contributed by atoms with E-state index in [0.717, 1.165) is 5.56 Å². The van der Waals surface area contributed by atoms with Crippen molar-refractivity contribution in [2.75, 3.05) is 0 Å². The molecule has 2 aromatic rings. The van der Waals surface area contributed by atoms with E-state index in [1.54, 1.807) is 43.3 Å². The Morgan fingerprint density at radius 1 is 1.29 bits per heavy atom. The molecule has 1 atom stereocenters. The molecule has 0 saturated heterocycles. The molecule has 0 unspecified atom stereocenters. The Kier molecular flexibility index (Phi) is 4.45. The zero-order chi connectivity index (χ0) is 15.6. The largest absolute Gasteiger partial charge is 0.449 e. The van der Waals surface area contributed by atoms with Crippen LogP contribution in [0.15, 0.2) is 36.4 Å². The maximum atomic E-state index is 11.1. The van der Waals surface area contributed by atoms with Crippen molar-refractivity contribution in [2.24, 2.45) is 5.73 Å². The van der Waals surface area contributed by atoms with Crippen LogP contribution in [0.25, 0.3) is 0 Å². The molecule has 0 aromatic heterocycles. The maximum absolute atomic E-state index is 11.1. The Bertz CT molecular complexity index is 687. The van der Waals surface area contributed by atoms with Crippen molar-refractivity contribution in [2.45, 2.75) is 19.9 Å². The molecule has 0 bridgehead atoms. The lowest BCUT2D eigenvalue weighted by Crippen LogP contribution is -2.04. The summed E-state index contributed by atoms with van der Waals surface area (Å²) in [6, 6.07) is 9.89. The highest BCUT2D eigenvalue weighted by Gasteiger charge is 2.19. The second kappa shape index (κ2) is 6.11. The molecule has 0 heterocycles. The van der Waals surface area contributed by atoms with Crippen LogP contribution >= 0.6 is 11.6 Å². The number of nitro benzene ring substituents is 1. The van der Waals surface area contributed by atoms with Gasteiger partial charge in [0.1, 0.15) is 5.75 Å². The van der Waals surface area contributed by atoms with Crippen LogP contribution in [0.1, 0.15) is 24.1 Å². The molecule has 21 heavy (non-hydrogen) atoms. The fourth-order valence-electron chi connectivity index (χ4n) is 1.95. The molecule has 0 aliphatic rings. The third-order valence-corrected chi connectivity index (χ3v) is 3.38. The van der Waals surface area contributed by atoms with Crippen molar-refractivity contribution in [1.82, 2.24) is 0 Å². The first-order valence-corrected chi connectivity index (χ1v) is 6.75. The topological polar surface area (TPSA) is 78.4 Å². The van der Waals surface area contributed by atoms with Crippen molar-refractivity contribution in [3.05, 3.63) is 62.7 Å². The lowest BCUT2D eigenvalue weighted by molar-refractivity contribution is -0.386. The molecule has 6 heteroatoms. The molecule has 0 radical (unpaired) electrons. The van der Waals surface area contributed by atoms with E-state index >= 15 is 0 Å². The number of benzene rings is 2. The number of ether oxygens (including phenoxy) is 1. The molecule has 0 spiro atoms. The second-order valence-corrected chi connectivity index (χ2v) is 5.17. The summed E-state index contributed by atoms with van der Waals surface area (Å²) in [5.74, 6) is 0.519. The fourth-order valence-corrected chi connectivity index (χ4v) is 2.18. The number of rotatable bonds is 4. The smallest absolute Gasteiger partial charge is 0.314 e. The predicted octanol–water partition coefficient (Wildman–Crippen LogP) is 4.37. The lowest BCUT2D eigenvalue weighted by Gasteiger charge is -2.11. The molecule has 5 nitrogen and oxygen atoms in total. The van der Waals surface area contributed by atoms with E-state index in [-0.39, 0.29) is 17.5 Å². The Morgan fingerprint density at radius 3 is 2.57 bits per heavy atom. The standard InChI is InChI=1S/C15H15ClN2O3/c1-9-4-3-5-14(15(9)18(19)20)21-13-7-6-11(10(2)17)8-12(13)16/h3-8,10H,17H2,1-2H3/t10-/m1/s1. The van der Waals surface area contributed by atoms with E-state index in [4.69, 9.17) is 22.1 Å². The van der Waals surface area contributed by atoms with Gasteiger partial charge in [0, 0.05) is 11.6 Å². The molecular weight excluding hydrogens is 292 g/mol. The highest BCUT2D eigenvalue weighted by atomic mass is 35.5. The van der Waals surface area contributed by atoms with Crippen molar-refractivity contribution in [3.8, 4) is 11.5 Å². The zero-order valence-electron chi connectivity index (χ0n) is 11.7. The van der Waals surface area contributed by atoms with Crippen LogP contribution in [0, 0.1) is 17.0 Å². The summed E-state index contributed by atoms with van der Waals surface area (Å²) >= 11 is 6.14. The zero-order valence-corrected chi connectivity index (χ0v) is 12.4. The number of nitro groups is 1. The number of nitrogens with two attached hydrogens (primary N) is 1. The van der Waals surface area contributed by atoms with Crippen molar-refractivity contribution in [1.29, 1.82) is 0 Å². The summed E-state index contributed by atoms with van der Waals surface area (Å²) in [5, 5.41) is 11.5. The third kappa shape index (κ3) is 3.32. The Morgan fingerprint density at radius 2 is 2.00 bits per heavy atom. The summed E-state index contributed by atoms with van der Waals surface area (Å²) in [7, 11) is 0. The summed E-state index contributed by atoms with van der Waals surface area (Å²) < 4.78 is 5.60. The minimum absolute atomic E-state index is 0.0650. The first-order chi connectivity index (χ1) is 9.90. The Balaban J connectivity index is 2.39. The van der Waals surface area contributed by atoms with E-state index in [0.29, 0.717) is 16.3 Å². The highest BCUT2D eigenvalue weighted by Crippen LogP contribution is 2.37. The van der Waals surface area contributed by atoms with Gasteiger partial charge in [-0.05, 0) is 37.6 Å². The van der Waals surface area contributed by atoms with Gasteiger partial charge in [-0.2, -0.15) is 0 Å². The maximum Gasteiger partial charge on any atom is 0.314 e. The van der Waals surface area contributed by atoms with E-state index in [2.05, 4.69) is 0 Å². The fraction of sp³-hybridized carbons (Fsp3) is 0.200. The van der Waals surface area contributed by atoms with Gasteiger partial charge < -0.3 is 10.5 Å². The van der Waals surface area contributed by atoms with Gasteiger partial charge in [-0.15, -0.1) is 0 Å². The van der Waals surface area contributed by atoms with Gasteiger partial charge in [-0.1, -0.05) is 29.8 Å². The number of halogens is 1. The van der Waals surface area contributed by atoms with Crippen LogP contribution in [-0.2, 0) is 0 Å². The van der Waals surface area contributed by atoms with E-state index in [9.17, 15) is 10.1 Å². The Labute approximate surface area is 127 Å². The predicted molar refractivity (Wildman–Crippen MR) is 82.0 cm³/mol. The van der Waals surface area contributed by atoms with Crippen LogP contribution in [0.4, 0.5) is 5.69 Å². The number of nitrogens with zero attached hydrogens (tertiary/aromatic N) is 1. The normalized spacial score (nSPS) is 12.0. The number of hydrogen-bond acceptors (Lipinski definition) is 4. The first-order valence-electron chi connectivity index (χ1n) is 6.37. The number of hydrogen-bond donors (Lipinski definition) is 1. The summed E-state index contributed by atoms with van der Waals surface area (Å²) in [4.78, 5) is 10.7. The van der Waals surface area contributed by atoms with Gasteiger partial charge in [-0.3, -0.25) is 10.1 Å². The van der Waals surface area contributed by atoms with Crippen LogP contribution < -0.4 is 10.5 Å². The molecule has 2 aromatic carbocycles. The van der Waals surface area contributed by atoms with Crippen molar-refractivity contribution in [3.63, 3.8) is 0 Å². The van der Waals surface area contributed by atoms with Gasteiger partial charge in [-0.25, -0.2) is 0 Å². The van der Waals surface area contributed by atoms with Gasteiger partial charge in [0.25, 0.3) is 0 Å². The van der Waals surface area contributed by atoms with E-state index < -0.39 is 4.92 Å². The van der Waals surface area contributed by atoms with Gasteiger partial charge >= 0.3 is 5.69 Å². The first kappa shape index (κ1) is 15.3. The minimum atomic E-state index is -0.463. The molecule has 0 aliphatic heterocycles. The number of para-hydroxylation sites is 1. The Hall–Kier alpha value is -2.11. The van der Waals surface area contributed by atoms with Crippen LogP contribution in [0.5, 0.6) is 11.5 Å². The lowest BCUT2D eigenvalue weighted by atomic mass is 10.1. The molecule has 0 saturated carbocycles. The molecule has 110 valence electrons. The summed E-state index contributed by atoms with van der Waals surface area (Å²) in [5.41, 5.74) is 7.11. The molecule has 0 fully saturated rings. The van der Waals surface area contributed by atoms with E-state index in [1.165, 1.54) is 0 Å². The minimum Gasteiger partial charge on any atom is -0.449 e. The van der Waals surface area contributed by atoms with Gasteiger partial charge in [0.2, 0.25) is 5.75 Å². The third-order valence-electron chi connectivity index (χ3n) is 3.08. The average Bonchev–Trinajstić information content (AvgIpc) is 2.40. The van der Waals surface area contributed by atoms with Gasteiger partial charge in [0.05, 0.1) is 9.95 Å². The van der Waals surface area contributed by atoms with Crippen LogP contribution in [-0.4, -0.2) is 4.92 Å². The average molecular weight is 307 g/mol. The molecule has 2 N–H and O–H groups in total. The van der Waals surface area contributed by atoms with Crippen LogP contribution in [0.2, 0.25) is 5.02 Å². The van der Waals surface area contributed by atoms with Crippen molar-refractivity contribution >= 4 is 17.3 Å². The molecular formula is C15H15ClN2O3. The quantitative estimate of drug-likeness (QED) is 0.672. The summed E-state index contributed by atoms with van der Waals surface area (Å²) in [6.07, 6.45) is 0. The highest BCUT2D eigenvalue weighted by molar-refractivity contribution is 6.32. The van der Waals surface area contributed by atoms with E-state index in [1.807, 2.05) is 6.92 Å². The SMILES string of the molecule is Cc1cccc(Oc2ccc([C@@H](C)N)cc2Cl)c1[N+](=O)[O-]. The molecule has 2 rings (SSSR count). The van der Waals surface area contributed by atoms with Crippen molar-refractivity contribution < 1.29 is 9.66 Å². The van der Waals surface area contributed by atoms with Gasteiger partial charge in [0.15, 0.2) is 0 Å². The molecule has 0 amide bonds. The second-order valence-electron chi connectivity index (χ2n) is 4.76. The summed E-state index contributed by atoms with van der Waals surface area (Å²) in [6.45, 7) is 3.50. The van der Waals surface area contributed by atoms with Crippen LogP contribution in [0.3, 0.4) is 0 Å². The molecule has 0 aliphatic carbocycles.